The summed E-state index contributed by atoms with van der Waals surface area (Å²) >= 11 is 2.18. The summed E-state index contributed by atoms with van der Waals surface area (Å²) in [5.41, 5.74) is 3.98. The number of fused-ring (bicyclic) bond motifs is 5. The standard InChI is InChI=1S/C20H20IN5O2/c1-22-17(27)10-11-18(28)25-12-13-6-2-3-7-14(13)20-19(23-24-26(20)21)15-8-4-5-9-16(15)25/h2-9,19-20H,10-12H2,1H3,(H,22,27). The van der Waals surface area contributed by atoms with Crippen molar-refractivity contribution in [2.45, 2.75) is 31.5 Å². The van der Waals surface area contributed by atoms with Crippen LogP contribution in [-0.2, 0) is 16.1 Å². The molecule has 4 rings (SSSR count). The van der Waals surface area contributed by atoms with Crippen LogP contribution >= 0.6 is 22.9 Å². The van der Waals surface area contributed by atoms with Crippen molar-refractivity contribution < 1.29 is 9.59 Å². The predicted octanol–water partition coefficient (Wildman–Crippen LogP) is 3.87. The lowest BCUT2D eigenvalue weighted by atomic mass is 9.88. The Kier molecular flexibility index (Phi) is 5.29. The number of hydrogen-bond donors (Lipinski definition) is 1. The molecule has 0 saturated heterocycles. The van der Waals surface area contributed by atoms with Gasteiger partial charge in [-0.05, 0) is 17.2 Å². The molecule has 0 aromatic heterocycles. The summed E-state index contributed by atoms with van der Waals surface area (Å²) in [6.07, 6.45) is 0.327. The molecule has 2 heterocycles. The summed E-state index contributed by atoms with van der Waals surface area (Å²) in [5, 5.41) is 11.4. The maximum Gasteiger partial charge on any atom is 0.227 e. The van der Waals surface area contributed by atoms with E-state index in [9.17, 15) is 9.59 Å². The van der Waals surface area contributed by atoms with E-state index in [1.165, 1.54) is 0 Å². The zero-order valence-corrected chi connectivity index (χ0v) is 17.5. The Morgan fingerprint density at radius 1 is 1.11 bits per heavy atom. The number of rotatable bonds is 3. The van der Waals surface area contributed by atoms with Gasteiger partial charge in [0.25, 0.3) is 0 Å². The number of anilines is 1. The molecule has 2 aliphatic heterocycles. The minimum absolute atomic E-state index is 0.0129. The van der Waals surface area contributed by atoms with Crippen LogP contribution in [0.25, 0.3) is 0 Å². The van der Waals surface area contributed by atoms with Gasteiger partial charge in [0.1, 0.15) is 12.1 Å². The maximum absolute atomic E-state index is 13.1. The van der Waals surface area contributed by atoms with Gasteiger partial charge in [0.05, 0.1) is 29.4 Å². The van der Waals surface area contributed by atoms with Crippen molar-refractivity contribution in [2.75, 3.05) is 11.9 Å². The van der Waals surface area contributed by atoms with Crippen LogP contribution in [0.15, 0.2) is 58.9 Å². The van der Waals surface area contributed by atoms with E-state index in [2.05, 4.69) is 44.6 Å². The number of nitrogens with one attached hydrogen (secondary N) is 1. The van der Waals surface area contributed by atoms with Crippen LogP contribution in [-0.4, -0.2) is 22.1 Å². The first-order chi connectivity index (χ1) is 13.6. The first kappa shape index (κ1) is 18.9. The number of hydrogen-bond acceptors (Lipinski definition) is 5. The minimum atomic E-state index is -0.191. The second-order valence-corrected chi connectivity index (χ2v) is 7.78. The highest BCUT2D eigenvalue weighted by atomic mass is 127. The molecule has 2 aliphatic rings. The van der Waals surface area contributed by atoms with Crippen molar-refractivity contribution in [3.8, 4) is 0 Å². The molecule has 0 bridgehead atoms. The molecule has 2 atom stereocenters. The van der Waals surface area contributed by atoms with Crippen LogP contribution < -0.4 is 10.2 Å². The largest absolute Gasteiger partial charge is 0.359 e. The summed E-state index contributed by atoms with van der Waals surface area (Å²) in [6, 6.07) is 15.7. The molecule has 144 valence electrons. The van der Waals surface area contributed by atoms with Crippen LogP contribution in [0.3, 0.4) is 0 Å². The Hall–Kier alpha value is -2.49. The van der Waals surface area contributed by atoms with Crippen molar-refractivity contribution in [3.05, 3.63) is 65.2 Å². The number of para-hydroxylation sites is 1. The quantitative estimate of drug-likeness (QED) is 0.526. The van der Waals surface area contributed by atoms with Gasteiger partial charge < -0.3 is 10.2 Å². The Balaban J connectivity index is 1.78. The molecule has 0 aliphatic carbocycles. The summed E-state index contributed by atoms with van der Waals surface area (Å²) in [7, 11) is 1.58. The summed E-state index contributed by atoms with van der Waals surface area (Å²) in [5.74, 6) is -0.218. The summed E-state index contributed by atoms with van der Waals surface area (Å²) < 4.78 is 1.86. The Morgan fingerprint density at radius 2 is 1.82 bits per heavy atom. The van der Waals surface area contributed by atoms with Gasteiger partial charge in [0.15, 0.2) is 0 Å². The normalized spacial score (nSPS) is 19.9. The molecule has 0 radical (unpaired) electrons. The minimum Gasteiger partial charge on any atom is -0.359 e. The number of carbonyl (C=O) groups is 2. The lowest BCUT2D eigenvalue weighted by Gasteiger charge is -2.33. The molecule has 28 heavy (non-hydrogen) atoms. The Labute approximate surface area is 177 Å². The fourth-order valence-electron chi connectivity index (χ4n) is 3.77. The molecule has 0 fully saturated rings. The van der Waals surface area contributed by atoms with Gasteiger partial charge in [-0.25, -0.2) is 3.22 Å². The van der Waals surface area contributed by atoms with Crippen molar-refractivity contribution in [1.82, 2.24) is 8.54 Å². The highest BCUT2D eigenvalue weighted by molar-refractivity contribution is 14.1. The SMILES string of the molecule is CNC(=O)CCC(=O)N1Cc2ccccc2C2C(N=NN2I)c2ccccc21. The van der Waals surface area contributed by atoms with E-state index >= 15 is 0 Å². The van der Waals surface area contributed by atoms with Crippen LogP contribution in [0.5, 0.6) is 0 Å². The topological polar surface area (TPSA) is 77.4 Å². The Morgan fingerprint density at radius 3 is 2.61 bits per heavy atom. The average Bonchev–Trinajstić information content (AvgIpc) is 3.09. The van der Waals surface area contributed by atoms with E-state index < -0.39 is 0 Å². The number of amides is 2. The maximum atomic E-state index is 13.1. The monoisotopic (exact) mass is 489 g/mol. The highest BCUT2D eigenvalue weighted by Crippen LogP contribution is 2.49. The van der Waals surface area contributed by atoms with Gasteiger partial charge in [-0.1, -0.05) is 47.7 Å². The lowest BCUT2D eigenvalue weighted by Crippen LogP contribution is -2.35. The van der Waals surface area contributed by atoms with Crippen LogP contribution in [0.4, 0.5) is 5.69 Å². The fourth-order valence-corrected chi connectivity index (χ4v) is 4.48. The highest BCUT2D eigenvalue weighted by Gasteiger charge is 2.39. The summed E-state index contributed by atoms with van der Waals surface area (Å²) in [4.78, 5) is 26.5. The molecule has 2 aromatic rings. The van der Waals surface area contributed by atoms with Gasteiger partial charge in [-0.15, -0.1) is 0 Å². The first-order valence-electron chi connectivity index (χ1n) is 9.13. The van der Waals surface area contributed by atoms with Gasteiger partial charge in [0.2, 0.25) is 11.8 Å². The second kappa shape index (κ2) is 7.86. The second-order valence-electron chi connectivity index (χ2n) is 6.79. The molecule has 8 heteroatoms. The number of nitrogens with zero attached hydrogens (tertiary/aromatic N) is 4. The van der Waals surface area contributed by atoms with E-state index in [0.29, 0.717) is 6.54 Å². The molecule has 2 unspecified atom stereocenters. The summed E-state index contributed by atoms with van der Waals surface area (Å²) in [6.45, 7) is 0.452. The molecule has 7 nitrogen and oxygen atoms in total. The van der Waals surface area contributed by atoms with E-state index in [0.717, 1.165) is 22.4 Å². The Bertz CT molecular complexity index is 948. The molecule has 2 aromatic carbocycles. The third kappa shape index (κ3) is 3.36. The molecule has 0 saturated carbocycles. The van der Waals surface area contributed by atoms with Gasteiger partial charge in [-0.2, -0.15) is 5.11 Å². The number of halogens is 1. The van der Waals surface area contributed by atoms with Crippen LogP contribution in [0.2, 0.25) is 0 Å². The molecular formula is C20H20IN5O2. The molecular weight excluding hydrogens is 469 g/mol. The van der Waals surface area contributed by atoms with Crippen molar-refractivity contribution >= 4 is 40.4 Å². The van der Waals surface area contributed by atoms with E-state index in [1.54, 1.807) is 11.9 Å². The van der Waals surface area contributed by atoms with Crippen LogP contribution in [0, 0.1) is 0 Å². The predicted molar refractivity (Wildman–Crippen MR) is 114 cm³/mol. The zero-order chi connectivity index (χ0) is 19.7. The van der Waals surface area contributed by atoms with Gasteiger partial charge in [-0.3, -0.25) is 9.59 Å². The number of carbonyl (C=O) groups excluding carboxylic acids is 2. The third-order valence-corrected chi connectivity index (χ3v) is 5.98. The molecule has 2 amide bonds. The van der Waals surface area contributed by atoms with Gasteiger partial charge in [0, 0.05) is 31.1 Å². The fraction of sp³-hybridized carbons (Fsp3) is 0.300. The van der Waals surface area contributed by atoms with Crippen molar-refractivity contribution in [3.63, 3.8) is 0 Å². The third-order valence-electron chi connectivity index (χ3n) is 5.18. The van der Waals surface area contributed by atoms with Crippen LogP contribution in [0.1, 0.15) is 41.6 Å². The van der Waals surface area contributed by atoms with Gasteiger partial charge >= 0.3 is 0 Å². The smallest absolute Gasteiger partial charge is 0.227 e. The van der Waals surface area contributed by atoms with Crippen molar-refractivity contribution in [2.24, 2.45) is 10.3 Å². The average molecular weight is 489 g/mol. The molecule has 0 spiro atoms. The lowest BCUT2D eigenvalue weighted by molar-refractivity contribution is -0.125. The molecule has 1 N–H and O–H groups in total. The van der Waals surface area contributed by atoms with E-state index in [-0.39, 0.29) is 36.7 Å². The van der Waals surface area contributed by atoms with E-state index in [1.807, 2.05) is 45.7 Å². The zero-order valence-electron chi connectivity index (χ0n) is 15.4. The first-order valence-corrected chi connectivity index (χ1v) is 10.1. The van der Waals surface area contributed by atoms with Crippen molar-refractivity contribution in [1.29, 1.82) is 0 Å². The number of benzene rings is 2. The van der Waals surface area contributed by atoms with E-state index in [4.69, 9.17) is 0 Å².